The Kier molecular flexibility index (Phi) is 5.63. The fourth-order valence-corrected chi connectivity index (χ4v) is 1.79. The zero-order valence-electron chi connectivity index (χ0n) is 8.63. The number of nitrogens with one attached hydrogen (secondary N) is 1. The van der Waals surface area contributed by atoms with E-state index in [0.717, 1.165) is 15.6 Å². The number of carbonyl (C=O) groups is 1. The van der Waals surface area contributed by atoms with Crippen LogP contribution in [0.4, 0.5) is 0 Å². The molecule has 0 unspecified atom stereocenters. The molecule has 0 atom stereocenters. The molecule has 3 nitrogen and oxygen atoms in total. The Balaban J connectivity index is 2.44. The Labute approximate surface area is 103 Å². The van der Waals surface area contributed by atoms with E-state index in [2.05, 4.69) is 27.9 Å². The van der Waals surface area contributed by atoms with Gasteiger partial charge in [-0.2, -0.15) is 0 Å². The van der Waals surface area contributed by atoms with Crippen LogP contribution < -0.4 is 5.32 Å². The van der Waals surface area contributed by atoms with Gasteiger partial charge in [-0.3, -0.25) is 4.79 Å². The number of carbonyl (C=O) groups excluding carboxylic acids is 1. The zero-order chi connectivity index (χ0) is 11.1. The quantitative estimate of drug-likeness (QED) is 0.666. The first-order valence-corrected chi connectivity index (χ1v) is 5.85. The largest absolute Gasteiger partial charge is 0.385 e. The predicted octanol–water partition coefficient (Wildman–Crippen LogP) is 2.06. The van der Waals surface area contributed by atoms with Crippen molar-refractivity contribution in [1.82, 2.24) is 5.32 Å². The minimum absolute atomic E-state index is 0.0175. The van der Waals surface area contributed by atoms with Crippen LogP contribution in [-0.4, -0.2) is 26.2 Å². The van der Waals surface area contributed by atoms with Gasteiger partial charge >= 0.3 is 0 Å². The molecule has 0 spiro atoms. The standard InChI is InChI=1S/C11H14INO2/c1-15-8-4-7-13-11(14)9-5-2-3-6-10(9)12/h2-3,5-6H,4,7-8H2,1H3,(H,13,14). The van der Waals surface area contributed by atoms with Crippen molar-refractivity contribution in [3.63, 3.8) is 0 Å². The second-order valence-corrected chi connectivity index (χ2v) is 4.24. The van der Waals surface area contributed by atoms with E-state index < -0.39 is 0 Å². The summed E-state index contributed by atoms with van der Waals surface area (Å²) < 4.78 is 5.87. The van der Waals surface area contributed by atoms with Crippen LogP contribution in [0.1, 0.15) is 16.8 Å². The van der Waals surface area contributed by atoms with Crippen molar-refractivity contribution >= 4 is 28.5 Å². The third-order valence-corrected chi connectivity index (χ3v) is 2.87. The molecule has 0 saturated carbocycles. The highest BCUT2D eigenvalue weighted by Crippen LogP contribution is 2.10. The van der Waals surface area contributed by atoms with Gasteiger partial charge in [0.1, 0.15) is 0 Å². The number of ether oxygens (including phenoxy) is 1. The summed E-state index contributed by atoms with van der Waals surface area (Å²) in [5.41, 5.74) is 0.732. The van der Waals surface area contributed by atoms with Crippen molar-refractivity contribution in [2.75, 3.05) is 20.3 Å². The fraction of sp³-hybridized carbons (Fsp3) is 0.364. The minimum Gasteiger partial charge on any atom is -0.385 e. The first-order chi connectivity index (χ1) is 7.25. The lowest BCUT2D eigenvalue weighted by Crippen LogP contribution is -2.25. The highest BCUT2D eigenvalue weighted by Gasteiger charge is 2.07. The number of amides is 1. The van der Waals surface area contributed by atoms with Crippen molar-refractivity contribution in [2.24, 2.45) is 0 Å². The Hall–Kier alpha value is -0.620. The van der Waals surface area contributed by atoms with Gasteiger partial charge in [0.25, 0.3) is 5.91 Å². The van der Waals surface area contributed by atoms with Gasteiger partial charge in [-0.15, -0.1) is 0 Å². The second-order valence-electron chi connectivity index (χ2n) is 3.08. The summed E-state index contributed by atoms with van der Waals surface area (Å²) in [6.07, 6.45) is 0.839. The molecule has 0 saturated heterocycles. The lowest BCUT2D eigenvalue weighted by atomic mass is 10.2. The summed E-state index contributed by atoms with van der Waals surface area (Å²) in [6, 6.07) is 7.54. The summed E-state index contributed by atoms with van der Waals surface area (Å²) in [5.74, 6) is -0.0175. The van der Waals surface area contributed by atoms with E-state index in [9.17, 15) is 4.79 Å². The molecule has 0 bridgehead atoms. The number of hydrogen-bond acceptors (Lipinski definition) is 2. The number of halogens is 1. The maximum absolute atomic E-state index is 11.7. The third kappa shape index (κ3) is 4.17. The molecule has 0 fully saturated rings. The molecular formula is C11H14INO2. The average Bonchev–Trinajstić information content (AvgIpc) is 2.25. The summed E-state index contributed by atoms with van der Waals surface area (Å²) in [6.45, 7) is 1.32. The van der Waals surface area contributed by atoms with Crippen LogP contribution in [-0.2, 0) is 4.74 Å². The fourth-order valence-electron chi connectivity index (χ4n) is 1.16. The average molecular weight is 319 g/mol. The molecule has 15 heavy (non-hydrogen) atoms. The van der Waals surface area contributed by atoms with Gasteiger partial charge in [-0.05, 0) is 41.1 Å². The highest BCUT2D eigenvalue weighted by atomic mass is 127. The van der Waals surface area contributed by atoms with Crippen molar-refractivity contribution < 1.29 is 9.53 Å². The van der Waals surface area contributed by atoms with Gasteiger partial charge in [-0.1, -0.05) is 12.1 Å². The zero-order valence-corrected chi connectivity index (χ0v) is 10.8. The highest BCUT2D eigenvalue weighted by molar-refractivity contribution is 14.1. The molecule has 1 rings (SSSR count). The molecule has 0 heterocycles. The summed E-state index contributed by atoms with van der Waals surface area (Å²) in [5, 5.41) is 2.85. The molecule has 4 heteroatoms. The van der Waals surface area contributed by atoms with Crippen LogP contribution in [0.15, 0.2) is 24.3 Å². The van der Waals surface area contributed by atoms with Crippen LogP contribution in [0.5, 0.6) is 0 Å². The normalized spacial score (nSPS) is 10.0. The number of methoxy groups -OCH3 is 1. The number of rotatable bonds is 5. The lowest BCUT2D eigenvalue weighted by Gasteiger charge is -2.06. The van der Waals surface area contributed by atoms with E-state index >= 15 is 0 Å². The van der Waals surface area contributed by atoms with Crippen LogP contribution in [0.25, 0.3) is 0 Å². The first kappa shape index (κ1) is 12.4. The second kappa shape index (κ2) is 6.79. The molecule has 1 amide bonds. The molecule has 1 aromatic carbocycles. The molecule has 1 N–H and O–H groups in total. The van der Waals surface area contributed by atoms with Gasteiger partial charge in [-0.25, -0.2) is 0 Å². The maximum atomic E-state index is 11.7. The van der Waals surface area contributed by atoms with Crippen molar-refractivity contribution in [2.45, 2.75) is 6.42 Å². The molecule has 1 aromatic rings. The van der Waals surface area contributed by atoms with Gasteiger partial charge < -0.3 is 10.1 Å². The van der Waals surface area contributed by atoms with Gasteiger partial charge in [0, 0.05) is 23.8 Å². The molecule has 0 aliphatic rings. The Morgan fingerprint density at radius 2 is 2.20 bits per heavy atom. The monoisotopic (exact) mass is 319 g/mol. The van der Waals surface area contributed by atoms with Crippen molar-refractivity contribution in [3.05, 3.63) is 33.4 Å². The number of hydrogen-bond donors (Lipinski definition) is 1. The third-order valence-electron chi connectivity index (χ3n) is 1.93. The molecule has 0 aliphatic carbocycles. The molecule has 0 aromatic heterocycles. The molecule has 0 radical (unpaired) electrons. The first-order valence-electron chi connectivity index (χ1n) is 4.77. The Morgan fingerprint density at radius 1 is 1.47 bits per heavy atom. The minimum atomic E-state index is -0.0175. The van der Waals surface area contributed by atoms with Crippen molar-refractivity contribution in [1.29, 1.82) is 0 Å². The summed E-state index contributed by atoms with van der Waals surface area (Å²) in [7, 11) is 1.65. The molecular weight excluding hydrogens is 305 g/mol. The Bertz CT molecular complexity index is 328. The smallest absolute Gasteiger partial charge is 0.252 e. The van der Waals surface area contributed by atoms with Gasteiger partial charge in [0.15, 0.2) is 0 Å². The van der Waals surface area contributed by atoms with Crippen LogP contribution in [0, 0.1) is 3.57 Å². The molecule has 0 aliphatic heterocycles. The van der Waals surface area contributed by atoms with Gasteiger partial charge in [0.2, 0.25) is 0 Å². The topological polar surface area (TPSA) is 38.3 Å². The SMILES string of the molecule is COCCCNC(=O)c1ccccc1I. The van der Waals surface area contributed by atoms with Crippen molar-refractivity contribution in [3.8, 4) is 0 Å². The van der Waals surface area contributed by atoms with Crippen LogP contribution in [0.2, 0.25) is 0 Å². The van der Waals surface area contributed by atoms with Gasteiger partial charge in [0.05, 0.1) is 5.56 Å². The van der Waals surface area contributed by atoms with Crippen LogP contribution in [0.3, 0.4) is 0 Å². The summed E-state index contributed by atoms with van der Waals surface area (Å²) in [4.78, 5) is 11.7. The Morgan fingerprint density at radius 3 is 2.87 bits per heavy atom. The molecule has 82 valence electrons. The van der Waals surface area contributed by atoms with Crippen LogP contribution >= 0.6 is 22.6 Å². The van der Waals surface area contributed by atoms with E-state index in [1.807, 2.05) is 24.3 Å². The lowest BCUT2D eigenvalue weighted by molar-refractivity contribution is 0.0947. The summed E-state index contributed by atoms with van der Waals surface area (Å²) >= 11 is 2.16. The number of benzene rings is 1. The van der Waals surface area contributed by atoms with E-state index in [1.165, 1.54) is 0 Å². The predicted molar refractivity (Wildman–Crippen MR) is 68.0 cm³/mol. The van der Waals surface area contributed by atoms with E-state index in [4.69, 9.17) is 4.74 Å². The van der Waals surface area contributed by atoms with E-state index in [1.54, 1.807) is 7.11 Å². The van der Waals surface area contributed by atoms with E-state index in [0.29, 0.717) is 13.2 Å². The maximum Gasteiger partial charge on any atom is 0.252 e. The van der Waals surface area contributed by atoms with E-state index in [-0.39, 0.29) is 5.91 Å².